The largest absolute Gasteiger partial charge is 0.384 e. The predicted molar refractivity (Wildman–Crippen MR) is 317 cm³/mol. The van der Waals surface area contributed by atoms with E-state index in [1.54, 1.807) is 23.5 Å². The molecule has 386 valence electrons. The highest BCUT2D eigenvalue weighted by atomic mass is 32.2. The van der Waals surface area contributed by atoms with Gasteiger partial charge in [-0.3, -0.25) is 0 Å². The van der Waals surface area contributed by atoms with E-state index in [0.717, 1.165) is 153 Å². The molecule has 0 spiro atoms. The van der Waals surface area contributed by atoms with Gasteiger partial charge in [-0.25, -0.2) is 0 Å². The van der Waals surface area contributed by atoms with Gasteiger partial charge >= 0.3 is 0 Å². The minimum absolute atomic E-state index is 0.759. The Morgan fingerprint density at radius 1 is 0.276 bits per heavy atom. The first kappa shape index (κ1) is 54.3. The fourth-order valence-corrected chi connectivity index (χ4v) is 14.0. The Bertz CT molecular complexity index is 3290. The lowest BCUT2D eigenvalue weighted by Gasteiger charge is -2.26. The summed E-state index contributed by atoms with van der Waals surface area (Å²) in [6, 6.07) is 54.2. The van der Waals surface area contributed by atoms with E-state index in [-0.39, 0.29) is 0 Å². The van der Waals surface area contributed by atoms with Crippen LogP contribution in [0.5, 0.6) is 0 Å². The molecule has 9 aromatic carbocycles. The van der Waals surface area contributed by atoms with E-state index in [9.17, 15) is 20.4 Å². The normalized spacial score (nSPS) is 13.2. The third kappa shape index (κ3) is 11.2. The molecule has 76 heavy (non-hydrogen) atoms. The second-order valence-electron chi connectivity index (χ2n) is 21.2. The lowest BCUT2D eigenvalue weighted by Crippen LogP contribution is -2.11. The van der Waals surface area contributed by atoms with E-state index >= 15 is 0 Å². The molecule has 0 bridgehead atoms. The van der Waals surface area contributed by atoms with Crippen molar-refractivity contribution in [2.75, 3.05) is 0 Å². The zero-order valence-electron chi connectivity index (χ0n) is 45.9. The third-order valence-electron chi connectivity index (χ3n) is 15.0. The number of benzene rings is 9. The van der Waals surface area contributed by atoms with Crippen LogP contribution >= 0.6 is 23.5 Å². The van der Waals surface area contributed by atoms with E-state index in [0.29, 0.717) is 0 Å². The zero-order valence-corrected chi connectivity index (χ0v) is 47.6. The van der Waals surface area contributed by atoms with E-state index in [1.807, 2.05) is 36.4 Å². The third-order valence-corrected chi connectivity index (χ3v) is 17.2. The van der Waals surface area contributed by atoms with Gasteiger partial charge in [-0.2, -0.15) is 0 Å². The van der Waals surface area contributed by atoms with Gasteiger partial charge in [-0.15, -0.1) is 0 Å². The molecule has 9 aromatic rings. The maximum Gasteiger partial charge on any atom is 0.106 e. The molecule has 9 rings (SSSR count). The van der Waals surface area contributed by atoms with Crippen LogP contribution in [-0.4, -0.2) is 20.4 Å². The van der Waals surface area contributed by atoms with Gasteiger partial charge in [-0.1, -0.05) is 155 Å². The van der Waals surface area contributed by atoms with E-state index < -0.39 is 24.4 Å². The molecule has 0 radical (unpaired) electrons. The Morgan fingerprint density at radius 2 is 0.513 bits per heavy atom. The Balaban J connectivity index is 1.18. The van der Waals surface area contributed by atoms with Gasteiger partial charge < -0.3 is 20.4 Å². The van der Waals surface area contributed by atoms with Crippen molar-refractivity contribution >= 4 is 23.5 Å². The van der Waals surface area contributed by atoms with Crippen molar-refractivity contribution in [2.45, 2.75) is 127 Å². The summed E-state index contributed by atoms with van der Waals surface area (Å²) < 4.78 is 0. The second-order valence-corrected chi connectivity index (χ2v) is 23.5. The first-order valence-corrected chi connectivity index (χ1v) is 27.9. The maximum absolute atomic E-state index is 12.7. The molecule has 0 fully saturated rings. The number of aryl methyl sites for hydroxylation is 12. The molecule has 0 saturated carbocycles. The van der Waals surface area contributed by atoms with Crippen LogP contribution < -0.4 is 0 Å². The molecule has 0 heterocycles. The molecule has 4 nitrogen and oxygen atoms in total. The fraction of sp³-hybridized carbons (Fsp3) is 0.229. The van der Waals surface area contributed by atoms with Crippen LogP contribution in [0.25, 0.3) is 22.3 Å². The topological polar surface area (TPSA) is 80.9 Å². The average Bonchev–Trinajstić information content (AvgIpc) is 3.45. The first-order chi connectivity index (χ1) is 36.3. The Labute approximate surface area is 459 Å². The molecule has 0 amide bonds. The summed E-state index contributed by atoms with van der Waals surface area (Å²) in [7, 11) is 0. The summed E-state index contributed by atoms with van der Waals surface area (Å²) in [6.45, 7) is 24.9. The number of aliphatic hydroxyl groups is 4. The highest BCUT2D eigenvalue weighted by molar-refractivity contribution is 7.99. The minimum Gasteiger partial charge on any atom is -0.384 e. The number of rotatable bonds is 14. The Kier molecular flexibility index (Phi) is 16.2. The minimum atomic E-state index is -0.948. The molecule has 0 aliphatic heterocycles. The van der Waals surface area contributed by atoms with Crippen molar-refractivity contribution < 1.29 is 20.4 Å². The van der Waals surface area contributed by atoms with Gasteiger partial charge in [-0.05, 0) is 243 Å². The van der Waals surface area contributed by atoms with E-state index in [1.165, 1.54) is 0 Å². The lowest BCUT2D eigenvalue weighted by atomic mass is 9.85. The van der Waals surface area contributed by atoms with Gasteiger partial charge in [0.05, 0.1) is 0 Å². The van der Waals surface area contributed by atoms with Crippen LogP contribution in [0, 0.1) is 83.1 Å². The smallest absolute Gasteiger partial charge is 0.106 e. The van der Waals surface area contributed by atoms with Crippen LogP contribution in [0.4, 0.5) is 0 Å². The van der Waals surface area contributed by atoms with Gasteiger partial charge in [0.15, 0.2) is 0 Å². The highest BCUT2D eigenvalue weighted by Crippen LogP contribution is 2.48. The van der Waals surface area contributed by atoms with Crippen LogP contribution in [0.1, 0.15) is 136 Å². The van der Waals surface area contributed by atoms with Crippen molar-refractivity contribution in [3.8, 4) is 22.3 Å². The monoisotopic (exact) mass is 1040 g/mol. The maximum atomic E-state index is 12.7. The molecule has 6 heteroatoms. The molecule has 0 aliphatic carbocycles. The van der Waals surface area contributed by atoms with Gasteiger partial charge in [0, 0.05) is 19.6 Å². The average molecular weight is 1040 g/mol. The fourth-order valence-electron chi connectivity index (χ4n) is 12.0. The Hall–Kier alpha value is -6.48. The van der Waals surface area contributed by atoms with Crippen molar-refractivity contribution in [1.29, 1.82) is 0 Å². The molecule has 0 aliphatic rings. The molecule has 4 N–H and O–H groups in total. The van der Waals surface area contributed by atoms with Gasteiger partial charge in [0.1, 0.15) is 24.4 Å². The molecule has 4 unspecified atom stereocenters. The first-order valence-electron chi connectivity index (χ1n) is 26.2. The molecule has 0 saturated heterocycles. The SMILES string of the molecule is Cc1cc(C)c(C(O)c2cc(-c3ccccc3)c(C(O)c3c(C)cc(C)cc3C)cc2Sc2ccc(Sc3cc(C(O)c4c(C)cc(C)cc4C)c(-c4ccccc4)cc3C(O)c3c(C)cc(C)cc3C)cc2)c(C)c1. The number of aliphatic hydroxyl groups excluding tert-OH is 4. The summed E-state index contributed by atoms with van der Waals surface area (Å²) in [5, 5.41) is 50.7. The molecule has 4 atom stereocenters. The number of hydrogen-bond donors (Lipinski definition) is 4. The summed E-state index contributed by atoms with van der Waals surface area (Å²) in [6.07, 6.45) is -3.77. The van der Waals surface area contributed by atoms with E-state index in [2.05, 4.69) is 204 Å². The van der Waals surface area contributed by atoms with E-state index in [4.69, 9.17) is 0 Å². The van der Waals surface area contributed by atoms with Crippen LogP contribution in [0.3, 0.4) is 0 Å². The highest BCUT2D eigenvalue weighted by Gasteiger charge is 2.29. The quantitative estimate of drug-likeness (QED) is 0.0869. The second kappa shape index (κ2) is 22.6. The Morgan fingerprint density at radius 3 is 0.763 bits per heavy atom. The van der Waals surface area contributed by atoms with Crippen molar-refractivity contribution in [2.24, 2.45) is 0 Å². The van der Waals surface area contributed by atoms with Crippen LogP contribution in [0.15, 0.2) is 177 Å². The summed E-state index contributed by atoms with van der Waals surface area (Å²) in [5.74, 6) is 0. The van der Waals surface area contributed by atoms with Gasteiger partial charge in [0.25, 0.3) is 0 Å². The van der Waals surface area contributed by atoms with Crippen molar-refractivity contribution in [3.05, 3.63) is 269 Å². The number of hydrogen-bond acceptors (Lipinski definition) is 6. The van der Waals surface area contributed by atoms with Gasteiger partial charge in [0.2, 0.25) is 0 Å². The molecule has 0 aromatic heterocycles. The molecular formula is C70H70O4S2. The van der Waals surface area contributed by atoms with Crippen LogP contribution in [-0.2, 0) is 0 Å². The lowest BCUT2D eigenvalue weighted by molar-refractivity contribution is 0.212. The summed E-state index contributed by atoms with van der Waals surface area (Å²) in [4.78, 5) is 3.60. The zero-order chi connectivity index (χ0) is 54.3. The summed E-state index contributed by atoms with van der Waals surface area (Å²) >= 11 is 3.14. The van der Waals surface area contributed by atoms with Crippen LogP contribution in [0.2, 0.25) is 0 Å². The molecular weight excluding hydrogens is 969 g/mol. The standard InChI is InChI=1S/C70H70O4S2/c1-39-27-43(5)63(44(6)28-39)67(71)57-37-61(59(35-55(57)51-19-15-13-16-20-51)69(73)65-47(9)31-41(3)32-48(65)10)75-53-23-25-54(26-24-53)76-62-38-58(68(72)64-45(7)29-40(2)30-46(64)8)56(52-21-17-14-18-22-52)36-60(62)70(74)66-49(11)33-42(4)34-50(66)12/h13-38,67-74H,1-12H3. The van der Waals surface area contributed by atoms with Crippen molar-refractivity contribution in [3.63, 3.8) is 0 Å². The summed E-state index contributed by atoms with van der Waals surface area (Å²) in [5.41, 5.74) is 23.0. The predicted octanol–water partition coefficient (Wildman–Crippen LogP) is 17.4. The van der Waals surface area contributed by atoms with Crippen molar-refractivity contribution in [1.82, 2.24) is 0 Å².